The van der Waals surface area contributed by atoms with Crippen LogP contribution in [-0.2, 0) is 23.9 Å². The summed E-state index contributed by atoms with van der Waals surface area (Å²) in [6.45, 7) is 1.65. The Morgan fingerprint density at radius 1 is 1.15 bits per heavy atom. The average molecular weight is 361 g/mol. The Morgan fingerprint density at radius 2 is 1.81 bits per heavy atom. The standard InChI is InChI=1S/C18H19NO7/c1-2-6-14(25-17(22)13-7-4-3-5-8-13)11-12-24-18(23)26-19-15(20)9-10-16(19)21/h2-8,14H,9-12H2,1H3/b6-2+/t14-/m1/s1. The van der Waals surface area contributed by atoms with Crippen molar-refractivity contribution in [1.29, 1.82) is 0 Å². The molecule has 0 unspecified atom stereocenters. The Morgan fingerprint density at radius 3 is 2.42 bits per heavy atom. The van der Waals surface area contributed by atoms with Gasteiger partial charge in [0.05, 0.1) is 12.2 Å². The molecule has 1 fully saturated rings. The lowest BCUT2D eigenvalue weighted by molar-refractivity contribution is -0.177. The molecule has 1 heterocycles. The number of hydroxylamine groups is 2. The fraction of sp³-hybridized carbons (Fsp3) is 0.333. The van der Waals surface area contributed by atoms with E-state index in [0.717, 1.165) is 0 Å². The van der Waals surface area contributed by atoms with Crippen molar-refractivity contribution < 1.29 is 33.5 Å². The van der Waals surface area contributed by atoms with Crippen LogP contribution in [0.2, 0.25) is 0 Å². The van der Waals surface area contributed by atoms with Crippen LogP contribution in [0.3, 0.4) is 0 Å². The summed E-state index contributed by atoms with van der Waals surface area (Å²) in [5.74, 6) is -1.67. The molecule has 0 aromatic heterocycles. The minimum Gasteiger partial charge on any atom is -0.454 e. The first-order chi connectivity index (χ1) is 12.5. The smallest absolute Gasteiger partial charge is 0.454 e. The topological polar surface area (TPSA) is 99.2 Å². The molecule has 0 bridgehead atoms. The summed E-state index contributed by atoms with van der Waals surface area (Å²) in [6.07, 6.45) is 1.81. The first kappa shape index (κ1) is 19.2. The van der Waals surface area contributed by atoms with Crippen LogP contribution in [0, 0.1) is 0 Å². The molecular formula is C18H19NO7. The van der Waals surface area contributed by atoms with Crippen molar-refractivity contribution >= 4 is 23.9 Å². The number of ether oxygens (including phenoxy) is 2. The second kappa shape index (κ2) is 9.36. The molecule has 2 rings (SSSR count). The summed E-state index contributed by atoms with van der Waals surface area (Å²) in [6, 6.07) is 8.50. The number of hydrogen-bond donors (Lipinski definition) is 0. The van der Waals surface area contributed by atoms with Gasteiger partial charge in [0.15, 0.2) is 0 Å². The van der Waals surface area contributed by atoms with E-state index < -0.39 is 30.0 Å². The fourth-order valence-electron chi connectivity index (χ4n) is 2.21. The number of rotatable bonds is 7. The zero-order valence-corrected chi connectivity index (χ0v) is 14.3. The highest BCUT2D eigenvalue weighted by atomic mass is 16.8. The number of amides is 2. The monoisotopic (exact) mass is 361 g/mol. The third-order valence-corrected chi connectivity index (χ3v) is 3.47. The maximum absolute atomic E-state index is 12.1. The summed E-state index contributed by atoms with van der Waals surface area (Å²) in [7, 11) is 0. The van der Waals surface area contributed by atoms with E-state index in [2.05, 4.69) is 4.84 Å². The first-order valence-electron chi connectivity index (χ1n) is 8.10. The van der Waals surface area contributed by atoms with Crippen molar-refractivity contribution in [3.8, 4) is 0 Å². The largest absolute Gasteiger partial charge is 0.533 e. The van der Waals surface area contributed by atoms with Crippen molar-refractivity contribution in [3.05, 3.63) is 48.0 Å². The zero-order valence-electron chi connectivity index (χ0n) is 14.3. The van der Waals surface area contributed by atoms with Gasteiger partial charge in [-0.3, -0.25) is 14.4 Å². The molecule has 1 aromatic carbocycles. The van der Waals surface area contributed by atoms with Crippen molar-refractivity contribution in [1.82, 2.24) is 5.06 Å². The molecule has 0 radical (unpaired) electrons. The highest BCUT2D eigenvalue weighted by Gasteiger charge is 2.33. The molecule has 1 aliphatic rings. The van der Waals surface area contributed by atoms with Gasteiger partial charge in [-0.05, 0) is 25.1 Å². The molecule has 1 atom stereocenters. The van der Waals surface area contributed by atoms with Crippen molar-refractivity contribution in [3.63, 3.8) is 0 Å². The van der Waals surface area contributed by atoms with Gasteiger partial charge in [-0.25, -0.2) is 9.59 Å². The number of esters is 1. The van der Waals surface area contributed by atoms with Gasteiger partial charge < -0.3 is 9.47 Å². The molecule has 0 aliphatic carbocycles. The van der Waals surface area contributed by atoms with Crippen LogP contribution in [0.25, 0.3) is 0 Å². The molecule has 0 N–H and O–H groups in total. The van der Waals surface area contributed by atoms with Crippen LogP contribution in [0.1, 0.15) is 36.5 Å². The molecule has 0 saturated carbocycles. The maximum atomic E-state index is 12.1. The highest BCUT2D eigenvalue weighted by molar-refractivity contribution is 6.01. The Labute approximate surface area is 150 Å². The number of nitrogens with zero attached hydrogens (tertiary/aromatic N) is 1. The van der Waals surface area contributed by atoms with E-state index in [4.69, 9.17) is 9.47 Å². The van der Waals surface area contributed by atoms with E-state index in [1.54, 1.807) is 49.4 Å². The second-order valence-corrected chi connectivity index (χ2v) is 5.40. The highest BCUT2D eigenvalue weighted by Crippen LogP contribution is 2.13. The lowest BCUT2D eigenvalue weighted by Gasteiger charge is -2.15. The minimum absolute atomic E-state index is 0.00488. The Kier molecular flexibility index (Phi) is 6.90. The molecule has 1 aromatic rings. The van der Waals surface area contributed by atoms with E-state index in [0.29, 0.717) is 10.6 Å². The van der Waals surface area contributed by atoms with Gasteiger partial charge in [0, 0.05) is 19.3 Å². The number of carbonyl (C=O) groups excluding carboxylic acids is 4. The summed E-state index contributed by atoms with van der Waals surface area (Å²) >= 11 is 0. The molecular weight excluding hydrogens is 342 g/mol. The zero-order chi connectivity index (χ0) is 18.9. The SMILES string of the molecule is C/C=C/[C@H](CCOC(=O)ON1C(=O)CCC1=O)OC(=O)c1ccccc1. The van der Waals surface area contributed by atoms with Crippen LogP contribution < -0.4 is 0 Å². The second-order valence-electron chi connectivity index (χ2n) is 5.40. The fourth-order valence-corrected chi connectivity index (χ4v) is 2.21. The summed E-state index contributed by atoms with van der Waals surface area (Å²) < 4.78 is 10.2. The van der Waals surface area contributed by atoms with Crippen molar-refractivity contribution in [2.75, 3.05) is 6.61 Å². The van der Waals surface area contributed by atoms with Gasteiger partial charge in [0.25, 0.3) is 11.8 Å². The van der Waals surface area contributed by atoms with E-state index in [9.17, 15) is 19.2 Å². The number of hydrogen-bond acceptors (Lipinski definition) is 7. The first-order valence-corrected chi connectivity index (χ1v) is 8.10. The van der Waals surface area contributed by atoms with Gasteiger partial charge in [0.2, 0.25) is 0 Å². The molecule has 0 spiro atoms. The molecule has 8 nitrogen and oxygen atoms in total. The van der Waals surface area contributed by atoms with E-state index in [1.165, 1.54) is 0 Å². The van der Waals surface area contributed by atoms with Crippen LogP contribution in [0.5, 0.6) is 0 Å². The Balaban J connectivity index is 1.79. The van der Waals surface area contributed by atoms with Crippen LogP contribution in [0.15, 0.2) is 42.5 Å². The van der Waals surface area contributed by atoms with Crippen LogP contribution >= 0.6 is 0 Å². The predicted molar refractivity (Wildman–Crippen MR) is 88.6 cm³/mol. The van der Waals surface area contributed by atoms with Gasteiger partial charge in [-0.15, -0.1) is 0 Å². The number of imide groups is 1. The summed E-state index contributed by atoms with van der Waals surface area (Å²) in [5.41, 5.74) is 0.411. The van der Waals surface area contributed by atoms with Crippen LogP contribution in [-0.4, -0.2) is 41.7 Å². The van der Waals surface area contributed by atoms with Gasteiger partial charge >= 0.3 is 12.1 Å². The number of allylic oxidation sites excluding steroid dienone is 1. The third kappa shape index (κ3) is 5.44. The molecule has 1 aliphatic heterocycles. The summed E-state index contributed by atoms with van der Waals surface area (Å²) in [4.78, 5) is 50.9. The quantitative estimate of drug-likeness (QED) is 0.418. The molecule has 2 amide bonds. The Bertz CT molecular complexity index is 683. The minimum atomic E-state index is -1.16. The molecule has 138 valence electrons. The maximum Gasteiger partial charge on any atom is 0.533 e. The van der Waals surface area contributed by atoms with Gasteiger partial charge in [-0.1, -0.05) is 29.3 Å². The van der Waals surface area contributed by atoms with Gasteiger partial charge in [0.1, 0.15) is 6.10 Å². The lowest BCUT2D eigenvalue weighted by Crippen LogP contribution is -2.32. The number of carbonyl (C=O) groups is 4. The molecule has 1 saturated heterocycles. The molecule has 26 heavy (non-hydrogen) atoms. The van der Waals surface area contributed by atoms with E-state index >= 15 is 0 Å². The van der Waals surface area contributed by atoms with Crippen molar-refractivity contribution in [2.24, 2.45) is 0 Å². The Hall–Kier alpha value is -3.16. The normalized spacial score (nSPS) is 15.2. The predicted octanol–water partition coefficient (Wildman–Crippen LogP) is 2.40. The number of benzene rings is 1. The van der Waals surface area contributed by atoms with E-state index in [1.807, 2.05) is 0 Å². The van der Waals surface area contributed by atoms with E-state index in [-0.39, 0.29) is 25.9 Å². The average Bonchev–Trinajstić information content (AvgIpc) is 2.94. The van der Waals surface area contributed by atoms with Crippen molar-refractivity contribution in [2.45, 2.75) is 32.3 Å². The van der Waals surface area contributed by atoms with Gasteiger partial charge in [-0.2, -0.15) is 0 Å². The third-order valence-electron chi connectivity index (χ3n) is 3.47. The van der Waals surface area contributed by atoms with Crippen LogP contribution in [0.4, 0.5) is 4.79 Å². The summed E-state index contributed by atoms with van der Waals surface area (Å²) in [5, 5.41) is 0.404. The lowest BCUT2D eigenvalue weighted by atomic mass is 10.2. The molecule has 8 heteroatoms.